The minimum absolute atomic E-state index is 0.271. The summed E-state index contributed by atoms with van der Waals surface area (Å²) >= 11 is 0. The fourth-order valence-electron chi connectivity index (χ4n) is 3.86. The number of anilines is 2. The summed E-state index contributed by atoms with van der Waals surface area (Å²) in [6.07, 6.45) is 1.12. The van der Waals surface area contributed by atoms with Crippen molar-refractivity contribution in [1.29, 1.82) is 0 Å². The predicted octanol–water partition coefficient (Wildman–Crippen LogP) is 4.97. The average Bonchev–Trinajstić information content (AvgIpc) is 3.32. The molecule has 9 heteroatoms. The molecule has 1 saturated heterocycles. The molecule has 3 aromatic carbocycles. The van der Waals surface area contributed by atoms with Crippen LogP contribution in [0.3, 0.4) is 0 Å². The first-order chi connectivity index (χ1) is 16.3. The number of carboxylic acid groups (broad SMARTS) is 1. The van der Waals surface area contributed by atoms with E-state index < -0.39 is 29.7 Å². The lowest BCUT2D eigenvalue weighted by molar-refractivity contribution is -0.141. The van der Waals surface area contributed by atoms with Gasteiger partial charge in [0, 0.05) is 23.9 Å². The van der Waals surface area contributed by atoms with E-state index in [1.807, 2.05) is 0 Å². The molecule has 3 aromatic rings. The first-order valence-corrected chi connectivity index (χ1v) is 10.6. The van der Waals surface area contributed by atoms with E-state index in [9.17, 15) is 28.3 Å². The quantitative estimate of drug-likeness (QED) is 0.496. The maximum absolute atomic E-state index is 13.7. The van der Waals surface area contributed by atoms with Crippen LogP contribution in [0.4, 0.5) is 25.0 Å². The molecule has 0 aliphatic carbocycles. The van der Waals surface area contributed by atoms with Crippen molar-refractivity contribution >= 4 is 29.3 Å². The minimum atomic E-state index is -0.995. The molecule has 0 bridgehead atoms. The SMILES string of the molecule is O=C(Nc1ccc(-c2ccc(C(=O)N3CCC[C@@H]3C(=O)O)cc2)cc1)Nc1cc(F)ccc1F. The van der Waals surface area contributed by atoms with Gasteiger partial charge in [0.05, 0.1) is 5.69 Å². The van der Waals surface area contributed by atoms with Crippen LogP contribution < -0.4 is 10.6 Å². The normalized spacial score (nSPS) is 15.1. The molecule has 0 unspecified atom stereocenters. The standard InChI is InChI=1S/C25H21F2N3O4/c26-18-9-12-20(27)21(14-18)29-25(34)28-19-10-7-16(8-11-19)15-3-5-17(6-4-15)23(31)30-13-1-2-22(30)24(32)33/h3-12,14,22H,1-2,13H2,(H,32,33)(H2,28,29,34)/t22-/m1/s1. The second-order valence-electron chi connectivity index (χ2n) is 7.85. The van der Waals surface area contributed by atoms with Gasteiger partial charge in [-0.1, -0.05) is 24.3 Å². The van der Waals surface area contributed by atoms with Gasteiger partial charge in [-0.3, -0.25) is 4.79 Å². The van der Waals surface area contributed by atoms with Crippen LogP contribution in [0, 0.1) is 11.6 Å². The Balaban J connectivity index is 1.40. The van der Waals surface area contributed by atoms with Crippen LogP contribution in [-0.2, 0) is 4.79 Å². The summed E-state index contributed by atoms with van der Waals surface area (Å²) in [7, 11) is 0. The van der Waals surface area contributed by atoms with E-state index in [4.69, 9.17) is 0 Å². The molecular weight excluding hydrogens is 444 g/mol. The Labute approximate surface area is 194 Å². The van der Waals surface area contributed by atoms with Crippen molar-refractivity contribution < 1.29 is 28.3 Å². The first-order valence-electron chi connectivity index (χ1n) is 10.6. The molecule has 0 radical (unpaired) electrons. The monoisotopic (exact) mass is 465 g/mol. The van der Waals surface area contributed by atoms with E-state index in [1.165, 1.54) is 4.90 Å². The van der Waals surface area contributed by atoms with Crippen molar-refractivity contribution in [1.82, 2.24) is 4.90 Å². The van der Waals surface area contributed by atoms with Crippen LogP contribution in [0.2, 0.25) is 0 Å². The molecule has 0 saturated carbocycles. The molecule has 1 aliphatic heterocycles. The zero-order valence-electron chi connectivity index (χ0n) is 17.9. The number of urea groups is 1. The fraction of sp³-hybridized carbons (Fsp3) is 0.160. The lowest BCUT2D eigenvalue weighted by Crippen LogP contribution is -2.40. The van der Waals surface area contributed by atoms with Gasteiger partial charge in [-0.15, -0.1) is 0 Å². The molecular formula is C25H21F2N3O4. The number of aliphatic carboxylic acids is 1. The number of nitrogens with zero attached hydrogens (tertiary/aromatic N) is 1. The third kappa shape index (κ3) is 5.03. The highest BCUT2D eigenvalue weighted by molar-refractivity contribution is 6.00. The van der Waals surface area contributed by atoms with E-state index in [0.717, 1.165) is 29.3 Å². The molecule has 174 valence electrons. The summed E-state index contributed by atoms with van der Waals surface area (Å²) in [6, 6.07) is 14.9. The van der Waals surface area contributed by atoms with Gasteiger partial charge >= 0.3 is 12.0 Å². The van der Waals surface area contributed by atoms with Crippen LogP contribution in [-0.4, -0.2) is 40.5 Å². The number of amides is 3. The first kappa shape index (κ1) is 22.9. The summed E-state index contributed by atoms with van der Waals surface area (Å²) in [5.74, 6) is -2.73. The second kappa shape index (κ2) is 9.70. The topological polar surface area (TPSA) is 98.7 Å². The number of hydrogen-bond acceptors (Lipinski definition) is 3. The summed E-state index contributed by atoms with van der Waals surface area (Å²) in [6.45, 7) is 0.422. The van der Waals surface area contributed by atoms with E-state index >= 15 is 0 Å². The van der Waals surface area contributed by atoms with Gasteiger partial charge in [-0.2, -0.15) is 0 Å². The number of halogens is 2. The number of carbonyl (C=O) groups is 3. The largest absolute Gasteiger partial charge is 0.480 e. The molecule has 1 heterocycles. The summed E-state index contributed by atoms with van der Waals surface area (Å²) in [5, 5.41) is 14.1. The molecule has 0 spiro atoms. The van der Waals surface area contributed by atoms with Crippen LogP contribution in [0.25, 0.3) is 11.1 Å². The molecule has 1 atom stereocenters. The molecule has 4 rings (SSSR count). The predicted molar refractivity (Wildman–Crippen MR) is 123 cm³/mol. The lowest BCUT2D eigenvalue weighted by Gasteiger charge is -2.21. The number of hydrogen-bond donors (Lipinski definition) is 3. The molecule has 1 fully saturated rings. The fourth-order valence-corrected chi connectivity index (χ4v) is 3.86. The highest BCUT2D eigenvalue weighted by Crippen LogP contribution is 2.25. The van der Waals surface area contributed by atoms with Crippen molar-refractivity contribution in [3.05, 3.63) is 83.9 Å². The Hall–Kier alpha value is -4.27. The highest BCUT2D eigenvalue weighted by Gasteiger charge is 2.34. The zero-order chi connectivity index (χ0) is 24.2. The molecule has 1 aliphatic rings. The maximum Gasteiger partial charge on any atom is 0.326 e. The second-order valence-corrected chi connectivity index (χ2v) is 7.85. The van der Waals surface area contributed by atoms with Gasteiger partial charge in [0.1, 0.15) is 17.7 Å². The molecule has 0 aromatic heterocycles. The summed E-state index contributed by atoms with van der Waals surface area (Å²) in [5.41, 5.74) is 2.23. The summed E-state index contributed by atoms with van der Waals surface area (Å²) < 4.78 is 26.9. The lowest BCUT2D eigenvalue weighted by atomic mass is 10.0. The van der Waals surface area contributed by atoms with Gasteiger partial charge in [0.25, 0.3) is 5.91 Å². The number of carboxylic acids is 1. The van der Waals surface area contributed by atoms with Crippen LogP contribution >= 0.6 is 0 Å². The van der Waals surface area contributed by atoms with E-state index in [2.05, 4.69) is 10.6 Å². The number of rotatable bonds is 5. The van der Waals surface area contributed by atoms with Crippen LogP contribution in [0.1, 0.15) is 23.2 Å². The third-order valence-corrected chi connectivity index (χ3v) is 5.58. The number of likely N-dealkylation sites (tertiary alicyclic amines) is 1. The van der Waals surface area contributed by atoms with Crippen molar-refractivity contribution in [2.45, 2.75) is 18.9 Å². The number of carbonyl (C=O) groups excluding carboxylic acids is 2. The Morgan fingerprint density at radius 3 is 2.18 bits per heavy atom. The Kier molecular flexibility index (Phi) is 6.53. The molecule has 3 amide bonds. The van der Waals surface area contributed by atoms with Gasteiger partial charge in [0.2, 0.25) is 0 Å². The van der Waals surface area contributed by atoms with E-state index in [1.54, 1.807) is 48.5 Å². The van der Waals surface area contributed by atoms with Gasteiger partial charge in [-0.05, 0) is 60.4 Å². The van der Waals surface area contributed by atoms with Gasteiger partial charge in [0.15, 0.2) is 0 Å². The third-order valence-electron chi connectivity index (χ3n) is 5.58. The van der Waals surface area contributed by atoms with E-state index in [-0.39, 0.29) is 11.6 Å². The van der Waals surface area contributed by atoms with Crippen molar-refractivity contribution in [2.75, 3.05) is 17.2 Å². The van der Waals surface area contributed by atoms with Gasteiger partial charge in [-0.25, -0.2) is 18.4 Å². The molecule has 3 N–H and O–H groups in total. The molecule has 34 heavy (non-hydrogen) atoms. The van der Waals surface area contributed by atoms with Crippen molar-refractivity contribution in [2.24, 2.45) is 0 Å². The minimum Gasteiger partial charge on any atom is -0.480 e. The average molecular weight is 465 g/mol. The number of nitrogens with one attached hydrogen (secondary N) is 2. The van der Waals surface area contributed by atoms with Crippen LogP contribution in [0.5, 0.6) is 0 Å². The smallest absolute Gasteiger partial charge is 0.326 e. The van der Waals surface area contributed by atoms with Crippen molar-refractivity contribution in [3.63, 3.8) is 0 Å². The Morgan fingerprint density at radius 2 is 1.53 bits per heavy atom. The molecule has 7 nitrogen and oxygen atoms in total. The highest BCUT2D eigenvalue weighted by atomic mass is 19.1. The van der Waals surface area contributed by atoms with Crippen molar-refractivity contribution in [3.8, 4) is 11.1 Å². The maximum atomic E-state index is 13.7. The zero-order valence-corrected chi connectivity index (χ0v) is 17.9. The Bertz CT molecular complexity index is 1230. The Morgan fingerprint density at radius 1 is 0.882 bits per heavy atom. The van der Waals surface area contributed by atoms with Crippen LogP contribution in [0.15, 0.2) is 66.7 Å². The van der Waals surface area contributed by atoms with E-state index in [0.29, 0.717) is 30.6 Å². The van der Waals surface area contributed by atoms with Gasteiger partial charge < -0.3 is 20.6 Å². The number of benzene rings is 3. The summed E-state index contributed by atoms with van der Waals surface area (Å²) in [4.78, 5) is 37.5.